The van der Waals surface area contributed by atoms with Crippen molar-refractivity contribution >= 4 is 17.5 Å². The predicted octanol–water partition coefficient (Wildman–Crippen LogP) is 4.65. The maximum Gasteiger partial charge on any atom is 0.170 e. The molecule has 2 aromatic rings. The second kappa shape index (κ2) is 8.76. The van der Waals surface area contributed by atoms with E-state index in [4.69, 9.17) is 0 Å². The van der Waals surface area contributed by atoms with E-state index in [-0.39, 0.29) is 23.2 Å². The molecular formula is C19H20F2N6. The van der Waals surface area contributed by atoms with Crippen molar-refractivity contribution in [3.63, 3.8) is 0 Å². The number of nitrogens with zero attached hydrogens (tertiary/aromatic N) is 3. The minimum atomic E-state index is -0.673. The fraction of sp³-hybridized carbons (Fsp3) is 0.211. The summed E-state index contributed by atoms with van der Waals surface area (Å²) in [6.45, 7) is 8.78. The van der Waals surface area contributed by atoms with Crippen LogP contribution in [0.25, 0.3) is 0 Å². The van der Waals surface area contributed by atoms with Gasteiger partial charge in [0, 0.05) is 17.8 Å². The third-order valence-electron chi connectivity index (χ3n) is 3.79. The Morgan fingerprint density at radius 1 is 1.37 bits per heavy atom. The lowest BCUT2D eigenvalue weighted by molar-refractivity contribution is 0.626. The molecule has 1 atom stereocenters. The molecule has 8 heteroatoms. The number of anilines is 3. The van der Waals surface area contributed by atoms with Gasteiger partial charge in [-0.25, -0.2) is 13.8 Å². The van der Waals surface area contributed by atoms with E-state index in [1.165, 1.54) is 6.08 Å². The third kappa shape index (κ3) is 5.25. The summed E-state index contributed by atoms with van der Waals surface area (Å²) in [6, 6.07) is 4.44. The molecule has 0 bridgehead atoms. The van der Waals surface area contributed by atoms with Crippen LogP contribution in [0.1, 0.15) is 25.1 Å². The molecule has 2 heterocycles. The summed E-state index contributed by atoms with van der Waals surface area (Å²) in [5.41, 5.74) is 1.65. The monoisotopic (exact) mass is 370 g/mol. The number of hydrogen-bond acceptors (Lipinski definition) is 5. The molecule has 1 unspecified atom stereocenters. The summed E-state index contributed by atoms with van der Waals surface area (Å²) in [4.78, 5) is 4.17. The minimum Gasteiger partial charge on any atom is -0.363 e. The van der Waals surface area contributed by atoms with E-state index in [1.54, 1.807) is 19.1 Å². The van der Waals surface area contributed by atoms with Crippen LogP contribution in [0.5, 0.6) is 0 Å². The van der Waals surface area contributed by atoms with Gasteiger partial charge in [0.15, 0.2) is 17.5 Å². The Hall–Kier alpha value is -3.47. The van der Waals surface area contributed by atoms with E-state index < -0.39 is 11.6 Å². The summed E-state index contributed by atoms with van der Waals surface area (Å²) in [5, 5.41) is 21.8. The Bertz CT molecular complexity index is 936. The van der Waals surface area contributed by atoms with Gasteiger partial charge in [0.1, 0.15) is 17.7 Å². The Balaban J connectivity index is 2.28. The molecule has 2 rings (SSSR count). The molecule has 0 aromatic carbocycles. The first-order valence-electron chi connectivity index (χ1n) is 8.16. The van der Waals surface area contributed by atoms with Gasteiger partial charge in [-0.2, -0.15) is 10.4 Å². The van der Waals surface area contributed by atoms with Gasteiger partial charge in [-0.1, -0.05) is 18.2 Å². The van der Waals surface area contributed by atoms with Crippen molar-refractivity contribution in [3.8, 4) is 6.07 Å². The van der Waals surface area contributed by atoms with E-state index in [9.17, 15) is 14.0 Å². The van der Waals surface area contributed by atoms with Crippen molar-refractivity contribution in [2.45, 2.75) is 26.8 Å². The van der Waals surface area contributed by atoms with Crippen LogP contribution in [0, 0.1) is 24.1 Å². The summed E-state index contributed by atoms with van der Waals surface area (Å²) < 4.78 is 27.4. The molecule has 6 nitrogen and oxygen atoms in total. The Labute approximate surface area is 156 Å². The van der Waals surface area contributed by atoms with E-state index in [1.807, 2.05) is 19.9 Å². The van der Waals surface area contributed by atoms with E-state index in [0.29, 0.717) is 5.82 Å². The van der Waals surface area contributed by atoms with Crippen LogP contribution in [0.4, 0.5) is 26.2 Å². The van der Waals surface area contributed by atoms with Crippen molar-refractivity contribution < 1.29 is 8.78 Å². The maximum absolute atomic E-state index is 14.2. The fourth-order valence-electron chi connectivity index (χ4n) is 2.12. The van der Waals surface area contributed by atoms with Crippen LogP contribution in [-0.2, 0) is 0 Å². The van der Waals surface area contributed by atoms with Gasteiger partial charge in [0.2, 0.25) is 0 Å². The molecule has 0 amide bonds. The first kappa shape index (κ1) is 19.8. The number of nitriles is 1. The summed E-state index contributed by atoms with van der Waals surface area (Å²) in [7, 11) is 0. The second-order valence-corrected chi connectivity index (χ2v) is 5.92. The molecule has 0 aliphatic carbocycles. The first-order valence-corrected chi connectivity index (χ1v) is 8.16. The molecule has 3 N–H and O–H groups in total. The van der Waals surface area contributed by atoms with Crippen molar-refractivity contribution in [2.24, 2.45) is 0 Å². The maximum atomic E-state index is 14.2. The lowest BCUT2D eigenvalue weighted by Gasteiger charge is -2.17. The molecule has 0 spiro atoms. The highest BCUT2D eigenvalue weighted by Crippen LogP contribution is 2.24. The largest absolute Gasteiger partial charge is 0.363 e. The van der Waals surface area contributed by atoms with Crippen LogP contribution in [0.2, 0.25) is 0 Å². The minimum absolute atomic E-state index is 0.0590. The highest BCUT2D eigenvalue weighted by molar-refractivity contribution is 5.62. The average Bonchev–Trinajstić information content (AvgIpc) is 3.06. The van der Waals surface area contributed by atoms with Crippen molar-refractivity contribution in [1.82, 2.24) is 15.2 Å². The normalized spacial score (nSPS) is 13.0. The zero-order valence-corrected chi connectivity index (χ0v) is 15.3. The summed E-state index contributed by atoms with van der Waals surface area (Å²) in [6.07, 6.45) is 3.98. The Morgan fingerprint density at radius 3 is 2.70 bits per heavy atom. The van der Waals surface area contributed by atoms with E-state index in [0.717, 1.165) is 23.4 Å². The third-order valence-corrected chi connectivity index (χ3v) is 3.79. The number of allylic oxidation sites excluding steroid dienone is 4. The molecule has 140 valence electrons. The zero-order valence-electron chi connectivity index (χ0n) is 15.3. The molecule has 0 fully saturated rings. The van der Waals surface area contributed by atoms with Crippen molar-refractivity contribution in [1.29, 1.82) is 5.26 Å². The molecule has 0 radical (unpaired) electrons. The molecule has 0 saturated carbocycles. The van der Waals surface area contributed by atoms with Crippen LogP contribution in [-0.4, -0.2) is 21.2 Å². The van der Waals surface area contributed by atoms with Gasteiger partial charge >= 0.3 is 0 Å². The van der Waals surface area contributed by atoms with E-state index >= 15 is 0 Å². The Morgan fingerprint density at radius 2 is 2.11 bits per heavy atom. The number of aromatic nitrogens is 3. The lowest BCUT2D eigenvalue weighted by Crippen LogP contribution is -2.19. The number of pyridine rings is 1. The van der Waals surface area contributed by atoms with Gasteiger partial charge in [0.05, 0.1) is 5.56 Å². The number of H-pyrrole nitrogens is 1. The summed E-state index contributed by atoms with van der Waals surface area (Å²) >= 11 is 0. The van der Waals surface area contributed by atoms with Crippen molar-refractivity contribution in [3.05, 3.63) is 65.4 Å². The summed E-state index contributed by atoms with van der Waals surface area (Å²) in [5.74, 6) is -0.575. The van der Waals surface area contributed by atoms with Crippen LogP contribution in [0.3, 0.4) is 0 Å². The fourth-order valence-corrected chi connectivity index (χ4v) is 2.12. The van der Waals surface area contributed by atoms with Crippen LogP contribution >= 0.6 is 0 Å². The molecule has 27 heavy (non-hydrogen) atoms. The quantitative estimate of drug-likeness (QED) is 0.617. The topological polar surface area (TPSA) is 89.4 Å². The smallest absolute Gasteiger partial charge is 0.170 e. The number of aromatic amines is 1. The highest BCUT2D eigenvalue weighted by atomic mass is 19.1. The molecule has 0 aliphatic heterocycles. The second-order valence-electron chi connectivity index (χ2n) is 5.92. The number of aryl methyl sites for hydroxylation is 1. The predicted molar refractivity (Wildman–Crippen MR) is 102 cm³/mol. The van der Waals surface area contributed by atoms with Gasteiger partial charge in [-0.3, -0.25) is 5.10 Å². The number of hydrogen-bond donors (Lipinski definition) is 3. The number of halogens is 2. The molecule has 2 aromatic heterocycles. The number of nitrogens with one attached hydrogen (secondary N) is 3. The highest BCUT2D eigenvalue weighted by Gasteiger charge is 2.15. The van der Waals surface area contributed by atoms with Crippen LogP contribution in [0.15, 0.2) is 48.3 Å². The standard InChI is InChI=1S/C19H20F2N6/c1-5-15(20)7-6-11(2)13(4)23-18-14(10-22)9-16(21)19(25-18)24-17-8-12(3)26-27-17/h5-9,13H,1H2,2-4H3,(H3,23,24,25,26,27). The Kier molecular flexibility index (Phi) is 6.44. The lowest BCUT2D eigenvalue weighted by atomic mass is 10.1. The van der Waals surface area contributed by atoms with Gasteiger partial charge in [-0.15, -0.1) is 0 Å². The molecule has 0 aliphatic rings. The van der Waals surface area contributed by atoms with Gasteiger partial charge < -0.3 is 10.6 Å². The van der Waals surface area contributed by atoms with Gasteiger partial charge in [0.25, 0.3) is 0 Å². The average molecular weight is 370 g/mol. The van der Waals surface area contributed by atoms with Crippen molar-refractivity contribution in [2.75, 3.05) is 10.6 Å². The molecular weight excluding hydrogens is 350 g/mol. The van der Waals surface area contributed by atoms with Crippen LogP contribution < -0.4 is 10.6 Å². The SMILES string of the molecule is C=CC(F)=CC=C(C)C(C)Nc1nc(Nc2cc(C)[nH]n2)c(F)cc1C#N. The van der Waals surface area contributed by atoms with Gasteiger partial charge in [-0.05, 0) is 39.0 Å². The zero-order chi connectivity index (χ0) is 20.0. The number of rotatable bonds is 7. The van der Waals surface area contributed by atoms with E-state index in [2.05, 4.69) is 32.4 Å². The molecule has 0 saturated heterocycles. The first-order chi connectivity index (χ1) is 12.8.